The van der Waals surface area contributed by atoms with Crippen molar-refractivity contribution in [3.63, 3.8) is 0 Å². The van der Waals surface area contributed by atoms with Crippen LogP contribution in [0.15, 0.2) is 70.3 Å². The van der Waals surface area contributed by atoms with Crippen molar-refractivity contribution in [1.82, 2.24) is 10.3 Å². The average Bonchev–Trinajstić information content (AvgIpc) is 3.61. The van der Waals surface area contributed by atoms with Gasteiger partial charge in [-0.25, -0.2) is 9.98 Å². The maximum Gasteiger partial charge on any atom is 0.324 e. The zero-order valence-corrected chi connectivity index (χ0v) is 23.0. The minimum atomic E-state index is -0.521. The van der Waals surface area contributed by atoms with Gasteiger partial charge in [0.2, 0.25) is 5.27 Å². The van der Waals surface area contributed by atoms with Crippen LogP contribution in [-0.2, 0) is 0 Å². The molecule has 0 unspecified atom stereocenters. The highest BCUT2D eigenvalue weighted by Gasteiger charge is 2.24. The summed E-state index contributed by atoms with van der Waals surface area (Å²) in [5, 5.41) is 20.2. The minimum Gasteiger partial charge on any atom is -0.857 e. The molecule has 5 aromatic rings. The highest BCUT2D eigenvalue weighted by Crippen LogP contribution is 2.46. The van der Waals surface area contributed by atoms with Gasteiger partial charge in [0.05, 0.1) is 48.4 Å². The van der Waals surface area contributed by atoms with E-state index in [0.29, 0.717) is 27.4 Å². The predicted molar refractivity (Wildman–Crippen MR) is 153 cm³/mol. The van der Waals surface area contributed by atoms with Gasteiger partial charge in [0, 0.05) is 28.0 Å². The number of hydrogen-bond donors (Lipinski definition) is 1. The first-order chi connectivity index (χ1) is 19.6. The van der Waals surface area contributed by atoms with Crippen LogP contribution >= 0.6 is 11.3 Å². The van der Waals surface area contributed by atoms with Gasteiger partial charge in [0.15, 0.2) is 11.5 Å². The van der Waals surface area contributed by atoms with E-state index in [9.17, 15) is 5.11 Å². The average molecular weight is 557 g/mol. The fraction of sp³-hybridized carbons (Fsp3) is 0.241. The molecule has 0 amide bonds. The van der Waals surface area contributed by atoms with E-state index in [-0.39, 0.29) is 10.8 Å². The SMILES string of the molecule is COc1cccc(-c2cc(-c3ccccc3)nc3sc(/C([O-])=N/c4c[n+](N5CCCCC5)no4)c(N)c23)c1OC. The molecule has 1 aliphatic heterocycles. The molecule has 10 nitrogen and oxygen atoms in total. The lowest BCUT2D eigenvalue weighted by Gasteiger charge is -2.17. The fourth-order valence-electron chi connectivity index (χ4n) is 4.99. The van der Waals surface area contributed by atoms with Gasteiger partial charge in [0.1, 0.15) is 4.83 Å². The Kier molecular flexibility index (Phi) is 6.95. The number of para-hydroxylation sites is 1. The van der Waals surface area contributed by atoms with Crippen molar-refractivity contribution < 1.29 is 23.9 Å². The van der Waals surface area contributed by atoms with Crippen LogP contribution in [0.25, 0.3) is 32.6 Å². The van der Waals surface area contributed by atoms with Crippen LogP contribution in [0.3, 0.4) is 0 Å². The zero-order valence-electron chi connectivity index (χ0n) is 22.2. The first-order valence-corrected chi connectivity index (χ1v) is 13.8. The van der Waals surface area contributed by atoms with Crippen molar-refractivity contribution in [2.24, 2.45) is 4.99 Å². The summed E-state index contributed by atoms with van der Waals surface area (Å²) < 4.78 is 16.7. The smallest absolute Gasteiger partial charge is 0.324 e. The Balaban J connectivity index is 1.49. The Morgan fingerprint density at radius 3 is 2.60 bits per heavy atom. The van der Waals surface area contributed by atoms with Crippen LogP contribution in [0, 0.1) is 0 Å². The largest absolute Gasteiger partial charge is 0.857 e. The molecular weight excluding hydrogens is 528 g/mol. The fourth-order valence-corrected chi connectivity index (χ4v) is 6.00. The molecule has 0 bridgehead atoms. The number of rotatable bonds is 7. The van der Waals surface area contributed by atoms with Crippen molar-refractivity contribution in [3.8, 4) is 33.9 Å². The molecule has 2 N–H and O–H groups in total. The van der Waals surface area contributed by atoms with Crippen LogP contribution < -0.4 is 30.1 Å². The molecule has 204 valence electrons. The summed E-state index contributed by atoms with van der Waals surface area (Å²) in [4.78, 5) is 11.6. The van der Waals surface area contributed by atoms with Crippen molar-refractivity contribution in [3.05, 3.63) is 65.7 Å². The lowest BCUT2D eigenvalue weighted by molar-refractivity contribution is -0.759. The molecule has 1 aliphatic rings. The molecule has 1 fully saturated rings. The van der Waals surface area contributed by atoms with E-state index in [0.717, 1.165) is 48.3 Å². The number of nitrogens with two attached hydrogens (primary N) is 1. The van der Waals surface area contributed by atoms with Crippen LogP contribution in [-0.4, -0.2) is 43.5 Å². The normalized spacial score (nSPS) is 14.1. The number of ether oxygens (including phenoxy) is 2. The summed E-state index contributed by atoms with van der Waals surface area (Å²) in [6.07, 6.45) is 4.98. The van der Waals surface area contributed by atoms with Crippen molar-refractivity contribution in [1.29, 1.82) is 0 Å². The van der Waals surface area contributed by atoms with Gasteiger partial charge in [0.25, 0.3) is 6.20 Å². The van der Waals surface area contributed by atoms with Gasteiger partial charge in [-0.3, -0.25) is 4.52 Å². The van der Waals surface area contributed by atoms with E-state index < -0.39 is 5.90 Å². The number of anilines is 1. The summed E-state index contributed by atoms with van der Waals surface area (Å²) in [6, 6.07) is 17.4. The Labute approximate surface area is 234 Å². The molecule has 11 heteroatoms. The zero-order chi connectivity index (χ0) is 27.6. The van der Waals surface area contributed by atoms with Gasteiger partial charge in [-0.05, 0) is 31.4 Å². The van der Waals surface area contributed by atoms with Crippen LogP contribution in [0.4, 0.5) is 11.6 Å². The Bertz CT molecular complexity index is 1690. The van der Waals surface area contributed by atoms with E-state index in [2.05, 4.69) is 15.3 Å². The second-order valence-electron chi connectivity index (χ2n) is 9.38. The number of pyridine rings is 1. The van der Waals surface area contributed by atoms with E-state index >= 15 is 0 Å². The lowest BCUT2D eigenvalue weighted by Crippen LogP contribution is -2.60. The van der Waals surface area contributed by atoms with Crippen molar-refractivity contribution in [2.45, 2.75) is 19.3 Å². The van der Waals surface area contributed by atoms with Gasteiger partial charge in [-0.1, -0.05) is 42.5 Å². The topological polar surface area (TPSA) is 126 Å². The van der Waals surface area contributed by atoms with Crippen LogP contribution in [0.1, 0.15) is 24.1 Å². The van der Waals surface area contributed by atoms with E-state index in [4.69, 9.17) is 24.7 Å². The molecule has 0 saturated carbocycles. The molecular formula is C29H28N6O4S. The van der Waals surface area contributed by atoms with Crippen molar-refractivity contribution in [2.75, 3.05) is 38.1 Å². The molecule has 0 radical (unpaired) electrons. The van der Waals surface area contributed by atoms with Gasteiger partial charge in [-0.15, -0.1) is 11.3 Å². The number of piperidine rings is 1. The molecule has 0 aliphatic carbocycles. The molecule has 4 heterocycles. The second-order valence-corrected chi connectivity index (χ2v) is 10.4. The first-order valence-electron chi connectivity index (χ1n) is 13.0. The third kappa shape index (κ3) is 4.68. The number of aliphatic imine (C=N–C) groups is 1. The molecule has 1 saturated heterocycles. The number of fused-ring (bicyclic) bond motifs is 1. The van der Waals surface area contributed by atoms with E-state index in [1.54, 1.807) is 25.2 Å². The Morgan fingerprint density at radius 2 is 1.85 bits per heavy atom. The second kappa shape index (κ2) is 10.9. The van der Waals surface area contributed by atoms with Crippen LogP contribution in [0.5, 0.6) is 11.5 Å². The maximum absolute atomic E-state index is 13.4. The number of thiophene rings is 1. The molecule has 2 aromatic carbocycles. The standard InChI is InChI=1S/C29H28N6O4S/c1-37-22-13-9-12-19(26(22)38-2)20-16-21(18-10-5-3-6-11-18)31-29-24(20)25(30)27(40-29)28(36)32-23-17-35(33-39-23)34-14-7-4-8-15-34/h3,5-6,9-13,16-17H,4,7-8,14-15H2,1-2H3,(H2-,30,32,33,36). The number of nitrogens with zero attached hydrogens (tertiary/aromatic N) is 5. The lowest BCUT2D eigenvalue weighted by atomic mass is 9.98. The Hall–Kier alpha value is -4.64. The Morgan fingerprint density at radius 1 is 1.05 bits per heavy atom. The maximum atomic E-state index is 13.4. The molecule has 0 atom stereocenters. The van der Waals surface area contributed by atoms with E-state index in [1.807, 2.05) is 54.6 Å². The molecule has 40 heavy (non-hydrogen) atoms. The minimum absolute atomic E-state index is 0.111. The van der Waals surface area contributed by atoms with Crippen LogP contribution in [0.2, 0.25) is 0 Å². The third-order valence-corrected chi connectivity index (χ3v) is 8.02. The third-order valence-electron chi connectivity index (χ3n) is 6.93. The van der Waals surface area contributed by atoms with Gasteiger partial charge >= 0.3 is 5.88 Å². The summed E-state index contributed by atoms with van der Waals surface area (Å²) in [5.74, 6) is 0.731. The predicted octanol–water partition coefficient (Wildman–Crippen LogP) is 4.07. The van der Waals surface area contributed by atoms with E-state index in [1.165, 1.54) is 17.8 Å². The van der Waals surface area contributed by atoms with Gasteiger partial charge in [-0.2, -0.15) is 5.01 Å². The summed E-state index contributed by atoms with van der Waals surface area (Å²) in [5.41, 5.74) is 10.2. The van der Waals surface area contributed by atoms with Gasteiger partial charge < -0.3 is 20.3 Å². The highest BCUT2D eigenvalue weighted by atomic mass is 32.1. The molecule has 3 aromatic heterocycles. The quantitative estimate of drug-likeness (QED) is 0.181. The number of methoxy groups -OCH3 is 2. The number of hydrogen-bond acceptors (Lipinski definition) is 10. The monoisotopic (exact) mass is 556 g/mol. The summed E-state index contributed by atoms with van der Waals surface area (Å²) in [7, 11) is 3.19. The molecule has 6 rings (SSSR count). The number of benzene rings is 2. The summed E-state index contributed by atoms with van der Waals surface area (Å²) >= 11 is 1.20. The first kappa shape index (κ1) is 25.6. The number of aromatic nitrogens is 3. The molecule has 0 spiro atoms. The number of nitrogen functional groups attached to an aromatic ring is 1. The van der Waals surface area contributed by atoms with Crippen molar-refractivity contribution >= 4 is 39.0 Å². The summed E-state index contributed by atoms with van der Waals surface area (Å²) in [6.45, 7) is 1.75. The highest BCUT2D eigenvalue weighted by molar-refractivity contribution is 7.21.